The molecule has 0 aliphatic carbocycles. The standard InChI is InChI=1S/3C15H12O2.Fe/c3*16-14(12-7-3-1-4-8-12)11-15(17)13-9-5-2-6-10-13;/h3*1-11,16H;/q;;;+3/p-3/b3*14-11-;. The van der Waals surface area contributed by atoms with Crippen molar-refractivity contribution in [1.82, 2.24) is 0 Å². The Morgan fingerprint density at radius 1 is 0.288 bits per heavy atom. The van der Waals surface area contributed by atoms with Crippen LogP contribution in [0.25, 0.3) is 17.3 Å². The van der Waals surface area contributed by atoms with Crippen molar-refractivity contribution in [2.75, 3.05) is 0 Å². The Kier molecular flexibility index (Phi) is 16.5. The van der Waals surface area contributed by atoms with Crippen LogP contribution in [-0.4, -0.2) is 17.3 Å². The number of carbonyl (C=O) groups is 3. The Morgan fingerprint density at radius 3 is 0.615 bits per heavy atom. The minimum Gasteiger partial charge on any atom is -0.872 e. The number of rotatable bonds is 9. The largest absolute Gasteiger partial charge is 3.00 e. The molecule has 6 aromatic rings. The molecule has 0 amide bonds. The Balaban J connectivity index is 0.000000208. The van der Waals surface area contributed by atoms with Gasteiger partial charge in [0.1, 0.15) is 0 Å². The summed E-state index contributed by atoms with van der Waals surface area (Å²) in [5.41, 5.74) is 3.15. The third kappa shape index (κ3) is 13.1. The minimum atomic E-state index is -0.264. The molecule has 0 heterocycles. The molecule has 1 radical (unpaired) electrons. The molecular formula is C45H33FeO6. The normalized spacial score (nSPS) is 11.0. The molecule has 6 rings (SSSR count). The molecule has 257 valence electrons. The molecule has 0 aliphatic heterocycles. The molecule has 0 aliphatic rings. The van der Waals surface area contributed by atoms with Gasteiger partial charge in [-0.15, -0.1) is 0 Å². The van der Waals surface area contributed by atoms with Crippen molar-refractivity contribution in [2.45, 2.75) is 0 Å². The van der Waals surface area contributed by atoms with E-state index in [1.807, 2.05) is 36.4 Å². The van der Waals surface area contributed by atoms with Crippen LogP contribution in [0.15, 0.2) is 200 Å². The van der Waals surface area contributed by atoms with Gasteiger partial charge in [-0.1, -0.05) is 199 Å². The van der Waals surface area contributed by atoms with Gasteiger partial charge in [0.2, 0.25) is 0 Å². The van der Waals surface area contributed by atoms with Gasteiger partial charge in [0, 0.05) is 16.7 Å². The van der Waals surface area contributed by atoms with E-state index in [0.717, 1.165) is 18.2 Å². The molecule has 0 fully saturated rings. The maximum atomic E-state index is 11.8. The maximum Gasteiger partial charge on any atom is 3.00 e. The molecule has 0 bridgehead atoms. The van der Waals surface area contributed by atoms with Crippen molar-refractivity contribution in [3.63, 3.8) is 0 Å². The number of ketones is 3. The van der Waals surface area contributed by atoms with Gasteiger partial charge in [0.25, 0.3) is 0 Å². The zero-order valence-corrected chi connectivity index (χ0v) is 29.0. The summed E-state index contributed by atoms with van der Waals surface area (Å²) in [5.74, 6) is -1.59. The van der Waals surface area contributed by atoms with Crippen LogP contribution in [-0.2, 0) is 17.1 Å². The van der Waals surface area contributed by atoms with E-state index in [-0.39, 0.29) is 51.7 Å². The van der Waals surface area contributed by atoms with Gasteiger partial charge >= 0.3 is 17.1 Å². The molecule has 52 heavy (non-hydrogen) atoms. The molecule has 7 heteroatoms. The summed E-state index contributed by atoms with van der Waals surface area (Å²) in [5, 5.41) is 35.3. The van der Waals surface area contributed by atoms with Gasteiger partial charge in [-0.25, -0.2) is 0 Å². The minimum absolute atomic E-state index is 0. The zero-order valence-electron chi connectivity index (χ0n) is 27.9. The average Bonchev–Trinajstić information content (AvgIpc) is 3.20. The summed E-state index contributed by atoms with van der Waals surface area (Å²) in [6, 6.07) is 52.5. The van der Waals surface area contributed by atoms with E-state index in [1.165, 1.54) is 0 Å². The van der Waals surface area contributed by atoms with E-state index in [4.69, 9.17) is 0 Å². The van der Waals surface area contributed by atoms with Crippen LogP contribution in [0.3, 0.4) is 0 Å². The number of hydrogen-bond donors (Lipinski definition) is 0. The van der Waals surface area contributed by atoms with Gasteiger partial charge in [0.05, 0.1) is 0 Å². The number of carbonyl (C=O) groups excluding carboxylic acids is 3. The zero-order chi connectivity index (χ0) is 36.3. The Bertz CT molecular complexity index is 1830. The van der Waals surface area contributed by atoms with E-state index in [9.17, 15) is 29.7 Å². The molecule has 0 atom stereocenters. The second-order valence-electron chi connectivity index (χ2n) is 10.8. The third-order valence-corrected chi connectivity index (χ3v) is 7.14. The fourth-order valence-electron chi connectivity index (χ4n) is 4.47. The third-order valence-electron chi connectivity index (χ3n) is 7.14. The van der Waals surface area contributed by atoms with Crippen LogP contribution in [0.4, 0.5) is 0 Å². The van der Waals surface area contributed by atoms with E-state index >= 15 is 0 Å². The summed E-state index contributed by atoms with van der Waals surface area (Å²) in [4.78, 5) is 35.3. The fourth-order valence-corrected chi connectivity index (χ4v) is 4.47. The Hall–Kier alpha value is -6.53. The van der Waals surface area contributed by atoms with Gasteiger partial charge in [-0.05, 0) is 34.9 Å². The Morgan fingerprint density at radius 2 is 0.442 bits per heavy atom. The first-order valence-corrected chi connectivity index (χ1v) is 15.9. The van der Waals surface area contributed by atoms with Crippen molar-refractivity contribution in [3.8, 4) is 0 Å². The molecule has 0 saturated heterocycles. The summed E-state index contributed by atoms with van der Waals surface area (Å²) < 4.78 is 0. The van der Waals surface area contributed by atoms with Gasteiger partial charge in [0.15, 0.2) is 17.3 Å². The Labute approximate surface area is 313 Å². The van der Waals surface area contributed by atoms with Crippen molar-refractivity contribution in [1.29, 1.82) is 0 Å². The maximum absolute atomic E-state index is 11.8. The van der Waals surface area contributed by atoms with Crippen LogP contribution in [0.2, 0.25) is 0 Å². The first kappa shape index (κ1) is 39.9. The predicted octanol–water partition coefficient (Wildman–Crippen LogP) is 6.81. The molecule has 0 unspecified atom stereocenters. The van der Waals surface area contributed by atoms with Crippen LogP contribution < -0.4 is 15.3 Å². The van der Waals surface area contributed by atoms with Crippen LogP contribution in [0.5, 0.6) is 0 Å². The van der Waals surface area contributed by atoms with E-state index in [1.54, 1.807) is 146 Å². The van der Waals surface area contributed by atoms with Gasteiger partial charge in [-0.3, -0.25) is 14.4 Å². The van der Waals surface area contributed by atoms with Crippen molar-refractivity contribution in [2.24, 2.45) is 0 Å². The van der Waals surface area contributed by atoms with Gasteiger partial charge < -0.3 is 15.3 Å². The summed E-state index contributed by atoms with van der Waals surface area (Å²) in [6.07, 6.45) is 3.39. The number of allylic oxidation sites excluding steroid dienone is 3. The smallest absolute Gasteiger partial charge is 0.872 e. The topological polar surface area (TPSA) is 120 Å². The second-order valence-corrected chi connectivity index (χ2v) is 10.8. The molecule has 0 saturated carbocycles. The predicted molar refractivity (Wildman–Crippen MR) is 196 cm³/mol. The monoisotopic (exact) mass is 725 g/mol. The van der Waals surface area contributed by atoms with E-state index in [0.29, 0.717) is 33.4 Å². The quantitative estimate of drug-likeness (QED) is 0.0700. The summed E-state index contributed by atoms with van der Waals surface area (Å²) in [7, 11) is 0. The van der Waals surface area contributed by atoms with Crippen molar-refractivity contribution >= 4 is 34.6 Å². The first-order chi connectivity index (χ1) is 24.8. The number of hydrogen-bond acceptors (Lipinski definition) is 6. The van der Waals surface area contributed by atoms with Crippen LogP contribution in [0.1, 0.15) is 47.8 Å². The van der Waals surface area contributed by atoms with Gasteiger partial charge in [-0.2, -0.15) is 0 Å². The fraction of sp³-hybridized carbons (Fsp3) is 0. The van der Waals surface area contributed by atoms with Crippen molar-refractivity contribution in [3.05, 3.63) is 234 Å². The van der Waals surface area contributed by atoms with E-state index in [2.05, 4.69) is 0 Å². The molecule has 0 N–H and O–H groups in total. The molecular weight excluding hydrogens is 692 g/mol. The van der Waals surface area contributed by atoms with Crippen molar-refractivity contribution < 1.29 is 46.8 Å². The number of benzene rings is 6. The van der Waals surface area contributed by atoms with Crippen LogP contribution in [0, 0.1) is 0 Å². The van der Waals surface area contributed by atoms with Crippen LogP contribution >= 0.6 is 0 Å². The molecule has 0 aromatic heterocycles. The average molecular weight is 726 g/mol. The molecule has 6 aromatic carbocycles. The first-order valence-electron chi connectivity index (χ1n) is 15.9. The summed E-state index contributed by atoms with van der Waals surface area (Å²) in [6.45, 7) is 0. The second kappa shape index (κ2) is 21.5. The summed E-state index contributed by atoms with van der Waals surface area (Å²) >= 11 is 0. The van der Waals surface area contributed by atoms with E-state index < -0.39 is 0 Å². The molecule has 0 spiro atoms. The SMILES string of the molecule is O=C(/C=C(\[O-])c1ccccc1)c1ccccc1.O=C(/C=C(\[O-])c1ccccc1)c1ccccc1.O=C(/C=C(\[O-])c1ccccc1)c1ccccc1.[Fe+3]. The molecule has 6 nitrogen and oxygen atoms in total.